The molecule has 1 saturated carbocycles. The van der Waals surface area contributed by atoms with Crippen LogP contribution in [0.25, 0.3) is 0 Å². The van der Waals surface area contributed by atoms with E-state index in [4.69, 9.17) is 9.47 Å². The highest BCUT2D eigenvalue weighted by Gasteiger charge is 2.51. The number of hydrogen-bond donors (Lipinski definition) is 1. The second kappa shape index (κ2) is 5.72. The molecular formula is C18H19NO3. The van der Waals surface area contributed by atoms with Crippen molar-refractivity contribution in [1.29, 1.82) is 0 Å². The lowest BCUT2D eigenvalue weighted by atomic mass is 9.95. The normalized spacial score (nSPS) is 15.0. The van der Waals surface area contributed by atoms with Gasteiger partial charge in [0.15, 0.2) is 0 Å². The van der Waals surface area contributed by atoms with Crippen molar-refractivity contribution in [3.05, 3.63) is 54.1 Å². The van der Waals surface area contributed by atoms with Crippen LogP contribution in [0.5, 0.6) is 11.5 Å². The highest BCUT2D eigenvalue weighted by molar-refractivity contribution is 6.01. The lowest BCUT2D eigenvalue weighted by Crippen LogP contribution is -2.27. The smallest absolute Gasteiger partial charge is 0.235 e. The number of rotatable bonds is 5. The minimum absolute atomic E-state index is 0.0333. The molecule has 1 aliphatic rings. The van der Waals surface area contributed by atoms with Crippen LogP contribution in [0, 0.1) is 0 Å². The Balaban J connectivity index is 1.78. The number of carbonyl (C=O) groups is 1. The van der Waals surface area contributed by atoms with Crippen LogP contribution in [-0.2, 0) is 10.2 Å². The Bertz CT molecular complexity index is 675. The van der Waals surface area contributed by atoms with E-state index < -0.39 is 5.41 Å². The van der Waals surface area contributed by atoms with E-state index in [1.807, 2.05) is 48.5 Å². The molecule has 0 spiro atoms. The molecule has 4 heteroatoms. The Hall–Kier alpha value is -2.49. The Morgan fingerprint density at radius 3 is 2.27 bits per heavy atom. The molecule has 0 radical (unpaired) electrons. The highest BCUT2D eigenvalue weighted by atomic mass is 16.5. The monoisotopic (exact) mass is 297 g/mol. The minimum Gasteiger partial charge on any atom is -0.497 e. The zero-order chi connectivity index (χ0) is 15.6. The van der Waals surface area contributed by atoms with Gasteiger partial charge in [-0.25, -0.2) is 0 Å². The van der Waals surface area contributed by atoms with Gasteiger partial charge in [0.1, 0.15) is 11.5 Å². The largest absolute Gasteiger partial charge is 0.497 e. The quantitative estimate of drug-likeness (QED) is 0.920. The lowest BCUT2D eigenvalue weighted by Gasteiger charge is -2.16. The van der Waals surface area contributed by atoms with Crippen LogP contribution in [0.1, 0.15) is 18.4 Å². The van der Waals surface area contributed by atoms with E-state index >= 15 is 0 Å². The summed E-state index contributed by atoms with van der Waals surface area (Å²) in [5.41, 5.74) is 1.38. The van der Waals surface area contributed by atoms with E-state index in [0.717, 1.165) is 35.6 Å². The molecule has 1 fully saturated rings. The Morgan fingerprint density at radius 2 is 1.68 bits per heavy atom. The summed E-state index contributed by atoms with van der Waals surface area (Å²) in [6.07, 6.45) is 1.74. The first kappa shape index (κ1) is 14.4. The molecule has 0 unspecified atom stereocenters. The molecule has 1 amide bonds. The van der Waals surface area contributed by atoms with Crippen molar-refractivity contribution < 1.29 is 14.3 Å². The van der Waals surface area contributed by atoms with Gasteiger partial charge < -0.3 is 14.8 Å². The van der Waals surface area contributed by atoms with Gasteiger partial charge in [0, 0.05) is 11.8 Å². The van der Waals surface area contributed by atoms with Gasteiger partial charge in [-0.3, -0.25) is 4.79 Å². The molecule has 114 valence electrons. The summed E-state index contributed by atoms with van der Waals surface area (Å²) in [4.78, 5) is 12.7. The van der Waals surface area contributed by atoms with Gasteiger partial charge in [-0.05, 0) is 42.7 Å². The Kier molecular flexibility index (Phi) is 3.75. The number of amides is 1. The van der Waals surface area contributed by atoms with Crippen LogP contribution in [-0.4, -0.2) is 20.1 Å². The summed E-state index contributed by atoms with van der Waals surface area (Å²) in [6, 6.07) is 15.1. The first-order chi connectivity index (χ1) is 10.7. The van der Waals surface area contributed by atoms with Crippen molar-refractivity contribution in [2.24, 2.45) is 0 Å². The van der Waals surface area contributed by atoms with Gasteiger partial charge in [0.05, 0.1) is 19.6 Å². The predicted molar refractivity (Wildman–Crippen MR) is 85.5 cm³/mol. The molecular weight excluding hydrogens is 278 g/mol. The second-order valence-electron chi connectivity index (χ2n) is 5.50. The van der Waals surface area contributed by atoms with Crippen molar-refractivity contribution in [2.75, 3.05) is 19.5 Å². The van der Waals surface area contributed by atoms with Crippen molar-refractivity contribution >= 4 is 11.6 Å². The van der Waals surface area contributed by atoms with Gasteiger partial charge in [-0.1, -0.05) is 18.2 Å². The third kappa shape index (κ3) is 2.64. The third-order valence-corrected chi connectivity index (χ3v) is 4.15. The fourth-order valence-corrected chi connectivity index (χ4v) is 2.63. The topological polar surface area (TPSA) is 47.6 Å². The van der Waals surface area contributed by atoms with Gasteiger partial charge in [0.2, 0.25) is 5.91 Å². The average Bonchev–Trinajstić information content (AvgIpc) is 3.37. The summed E-state index contributed by atoms with van der Waals surface area (Å²) in [6.45, 7) is 0. The predicted octanol–water partition coefficient (Wildman–Crippen LogP) is 3.37. The highest BCUT2D eigenvalue weighted by Crippen LogP contribution is 2.49. The van der Waals surface area contributed by atoms with Crippen molar-refractivity contribution in [1.82, 2.24) is 0 Å². The number of ether oxygens (including phenoxy) is 2. The first-order valence-corrected chi connectivity index (χ1v) is 7.28. The van der Waals surface area contributed by atoms with Crippen molar-refractivity contribution in [3.8, 4) is 11.5 Å². The number of hydrogen-bond acceptors (Lipinski definition) is 3. The number of anilines is 1. The fourth-order valence-electron chi connectivity index (χ4n) is 2.63. The van der Waals surface area contributed by atoms with Crippen LogP contribution in [0.4, 0.5) is 5.69 Å². The molecule has 0 aliphatic heterocycles. The molecule has 4 nitrogen and oxygen atoms in total. The Labute approximate surface area is 130 Å². The van der Waals surface area contributed by atoms with Gasteiger partial charge in [0.25, 0.3) is 0 Å². The SMILES string of the molecule is COc1ccc(C2(C(=O)Nc3cccc(OC)c3)CC2)cc1. The molecule has 1 N–H and O–H groups in total. The van der Waals surface area contributed by atoms with E-state index in [1.54, 1.807) is 14.2 Å². The number of methoxy groups -OCH3 is 2. The molecule has 2 aromatic carbocycles. The number of carbonyl (C=O) groups excluding carboxylic acids is 1. The molecule has 0 bridgehead atoms. The zero-order valence-electron chi connectivity index (χ0n) is 12.8. The molecule has 0 saturated heterocycles. The maximum Gasteiger partial charge on any atom is 0.235 e. The van der Waals surface area contributed by atoms with Gasteiger partial charge in [-0.15, -0.1) is 0 Å². The minimum atomic E-state index is -0.407. The average molecular weight is 297 g/mol. The van der Waals surface area contributed by atoms with E-state index in [2.05, 4.69) is 5.32 Å². The molecule has 2 aromatic rings. The summed E-state index contributed by atoms with van der Waals surface area (Å²) >= 11 is 0. The summed E-state index contributed by atoms with van der Waals surface area (Å²) in [5.74, 6) is 1.56. The summed E-state index contributed by atoms with van der Waals surface area (Å²) in [7, 11) is 3.25. The van der Waals surface area contributed by atoms with Gasteiger partial charge >= 0.3 is 0 Å². The molecule has 3 rings (SSSR count). The fraction of sp³-hybridized carbons (Fsp3) is 0.278. The van der Waals surface area contributed by atoms with Crippen LogP contribution >= 0.6 is 0 Å². The molecule has 0 heterocycles. The maximum absolute atomic E-state index is 12.7. The third-order valence-electron chi connectivity index (χ3n) is 4.15. The van der Waals surface area contributed by atoms with E-state index in [0.29, 0.717) is 0 Å². The second-order valence-corrected chi connectivity index (χ2v) is 5.50. The maximum atomic E-state index is 12.7. The molecule has 0 aromatic heterocycles. The number of benzene rings is 2. The Morgan fingerprint density at radius 1 is 1.00 bits per heavy atom. The molecule has 0 atom stereocenters. The molecule has 1 aliphatic carbocycles. The lowest BCUT2D eigenvalue weighted by molar-refractivity contribution is -0.118. The van der Waals surface area contributed by atoms with Crippen LogP contribution < -0.4 is 14.8 Å². The van der Waals surface area contributed by atoms with Crippen molar-refractivity contribution in [3.63, 3.8) is 0 Å². The zero-order valence-corrected chi connectivity index (χ0v) is 12.8. The van der Waals surface area contributed by atoms with Crippen LogP contribution in [0.15, 0.2) is 48.5 Å². The molecule has 22 heavy (non-hydrogen) atoms. The number of nitrogens with one attached hydrogen (secondary N) is 1. The summed E-state index contributed by atoms with van der Waals surface area (Å²) < 4.78 is 10.4. The van der Waals surface area contributed by atoms with Crippen LogP contribution in [0.3, 0.4) is 0 Å². The van der Waals surface area contributed by atoms with Crippen LogP contribution in [0.2, 0.25) is 0 Å². The summed E-state index contributed by atoms with van der Waals surface area (Å²) in [5, 5.41) is 3.00. The van der Waals surface area contributed by atoms with E-state index in [9.17, 15) is 4.79 Å². The van der Waals surface area contributed by atoms with E-state index in [1.165, 1.54) is 0 Å². The van der Waals surface area contributed by atoms with Crippen molar-refractivity contribution in [2.45, 2.75) is 18.3 Å². The first-order valence-electron chi connectivity index (χ1n) is 7.28. The van der Waals surface area contributed by atoms with Gasteiger partial charge in [-0.2, -0.15) is 0 Å². The standard InChI is InChI=1S/C18H19NO3/c1-21-15-8-6-13(7-9-15)18(10-11-18)17(20)19-14-4-3-5-16(12-14)22-2/h3-9,12H,10-11H2,1-2H3,(H,19,20). The van der Waals surface area contributed by atoms with E-state index in [-0.39, 0.29) is 5.91 Å².